The number of sulfone groups is 1. The molecule has 3 heterocycles. The van der Waals surface area contributed by atoms with E-state index in [1.807, 2.05) is 0 Å². The van der Waals surface area contributed by atoms with E-state index >= 15 is 4.39 Å². The molecule has 0 atom stereocenters. The minimum atomic E-state index is -4.97. The highest BCUT2D eigenvalue weighted by molar-refractivity contribution is 7.91. The molecule has 0 saturated heterocycles. The number of rotatable bonds is 7. The van der Waals surface area contributed by atoms with Crippen molar-refractivity contribution in [2.45, 2.75) is 55.4 Å². The summed E-state index contributed by atoms with van der Waals surface area (Å²) in [5.74, 6) is -1.85. The summed E-state index contributed by atoms with van der Waals surface area (Å²) in [5, 5.41) is 0. The van der Waals surface area contributed by atoms with Crippen LogP contribution in [0.1, 0.15) is 30.9 Å². The van der Waals surface area contributed by atoms with Crippen molar-refractivity contribution in [1.29, 1.82) is 0 Å². The molecule has 1 aromatic heterocycles. The Bertz CT molecular complexity index is 1720. The van der Waals surface area contributed by atoms with Gasteiger partial charge in [0.15, 0.2) is 15.7 Å². The van der Waals surface area contributed by atoms with Gasteiger partial charge in [0, 0.05) is 18.0 Å². The number of aromatic nitrogens is 3. The van der Waals surface area contributed by atoms with E-state index in [4.69, 9.17) is 0 Å². The second-order valence-corrected chi connectivity index (χ2v) is 12.2. The number of hydrogen-bond donors (Lipinski definition) is 0. The zero-order valence-corrected chi connectivity index (χ0v) is 22.3. The molecule has 5 nitrogen and oxygen atoms in total. The van der Waals surface area contributed by atoms with Crippen LogP contribution in [0.25, 0.3) is 33.9 Å². The van der Waals surface area contributed by atoms with E-state index in [2.05, 4.69) is 9.97 Å². The molecule has 0 amide bonds. The van der Waals surface area contributed by atoms with Crippen LogP contribution in [0, 0.1) is 5.82 Å². The zero-order chi connectivity index (χ0) is 30.8. The van der Waals surface area contributed by atoms with E-state index < -0.39 is 85.4 Å². The molecular weight excluding hydrogens is 601 g/mol. The lowest BCUT2D eigenvalue weighted by atomic mass is 9.93. The number of benzene rings is 1. The Morgan fingerprint density at radius 2 is 1.62 bits per heavy atom. The number of fused-ring (bicyclic) bond motifs is 1. The van der Waals surface area contributed by atoms with Crippen molar-refractivity contribution in [3.8, 4) is 33.9 Å². The van der Waals surface area contributed by atoms with E-state index in [1.165, 1.54) is 31.2 Å². The maximum Gasteiger partial charge on any atom is 0.417 e. The molecule has 1 saturated carbocycles. The van der Waals surface area contributed by atoms with Crippen molar-refractivity contribution in [2.24, 2.45) is 0 Å². The lowest BCUT2D eigenvalue weighted by Crippen LogP contribution is -2.28. The summed E-state index contributed by atoms with van der Waals surface area (Å²) in [7, 11) is -4.19. The summed E-state index contributed by atoms with van der Waals surface area (Å²) in [5.41, 5.74) is -5.45. The first-order valence-electron chi connectivity index (χ1n) is 12.4. The fraction of sp³-hybridized carbons (Fsp3) is 0.333. The summed E-state index contributed by atoms with van der Waals surface area (Å²) < 4.78 is 149. The van der Waals surface area contributed by atoms with Crippen LogP contribution < -0.4 is 0 Å². The first kappa shape index (κ1) is 29.9. The van der Waals surface area contributed by atoms with Crippen molar-refractivity contribution in [1.82, 2.24) is 14.5 Å². The largest absolute Gasteiger partial charge is 0.417 e. The number of nitrogens with zero attached hydrogens (tertiary/aromatic N) is 3. The third-order valence-corrected chi connectivity index (χ3v) is 9.02. The fourth-order valence-corrected chi connectivity index (χ4v) is 5.92. The molecule has 15 heteroatoms. The lowest BCUT2D eigenvalue weighted by molar-refractivity contribution is -0.160. The number of halogens is 9. The van der Waals surface area contributed by atoms with Gasteiger partial charge in [0.2, 0.25) is 0 Å². The summed E-state index contributed by atoms with van der Waals surface area (Å²) in [4.78, 5) is 7.33. The second kappa shape index (κ2) is 9.99. The Morgan fingerprint density at radius 3 is 2.14 bits per heavy atom. The van der Waals surface area contributed by atoms with Crippen molar-refractivity contribution < 1.29 is 47.9 Å². The summed E-state index contributed by atoms with van der Waals surface area (Å²) in [6.07, 6.45) is -11.2. The second-order valence-electron chi connectivity index (χ2n) is 9.91. The van der Waals surface area contributed by atoms with Gasteiger partial charge in [-0.2, -0.15) is 26.3 Å². The highest BCUT2D eigenvalue weighted by Gasteiger charge is 2.64. The van der Waals surface area contributed by atoms with Crippen LogP contribution >= 0.6 is 0 Å². The first-order chi connectivity index (χ1) is 19.5. The number of alkyl halides is 8. The molecule has 1 fully saturated rings. The Balaban J connectivity index is 1.65. The maximum absolute atomic E-state index is 15.7. The van der Waals surface area contributed by atoms with Gasteiger partial charge in [-0.15, -0.1) is 0 Å². The van der Waals surface area contributed by atoms with Crippen molar-refractivity contribution >= 4 is 9.84 Å². The molecule has 2 aromatic rings. The molecule has 3 aliphatic rings. The van der Waals surface area contributed by atoms with Gasteiger partial charge in [-0.3, -0.25) is 4.98 Å². The van der Waals surface area contributed by atoms with Crippen LogP contribution in [0.4, 0.5) is 39.5 Å². The summed E-state index contributed by atoms with van der Waals surface area (Å²) >= 11 is 0. The number of pyridine rings is 2. The highest BCUT2D eigenvalue weighted by Crippen LogP contribution is 2.59. The molecule has 0 radical (unpaired) electrons. The average Bonchev–Trinajstić information content (AvgIpc) is 3.67. The van der Waals surface area contributed by atoms with E-state index in [0.717, 1.165) is 12.3 Å². The van der Waals surface area contributed by atoms with Gasteiger partial charge in [0.25, 0.3) is 6.43 Å². The Kier molecular flexibility index (Phi) is 7.10. The molecule has 224 valence electrons. The minimum Gasteiger partial charge on any atom is -0.337 e. The molecule has 1 aliphatic carbocycles. The summed E-state index contributed by atoms with van der Waals surface area (Å²) in [6, 6.07) is 6.86. The Labute approximate surface area is 233 Å². The van der Waals surface area contributed by atoms with E-state index in [-0.39, 0.29) is 24.0 Å². The van der Waals surface area contributed by atoms with Gasteiger partial charge < -0.3 is 4.57 Å². The van der Waals surface area contributed by atoms with E-state index in [9.17, 15) is 43.5 Å². The Hall–Kier alpha value is -3.62. The SMILES string of the molecule is CCS(=O)(=O)c1cc(-c2ccc(C3(C(F)(F)F)CC3)cc2)cnc1-c1nc2cc(C(F)(F)F)cn(CC(F)F)c-2c1F. The summed E-state index contributed by atoms with van der Waals surface area (Å²) in [6.45, 7) is -0.00907. The predicted octanol–water partition coefficient (Wildman–Crippen LogP) is 7.53. The normalized spacial score (nSPS) is 15.5. The van der Waals surface area contributed by atoms with E-state index in [0.29, 0.717) is 22.4 Å². The van der Waals surface area contributed by atoms with Crippen molar-refractivity contribution in [3.05, 3.63) is 65.7 Å². The average molecular weight is 622 g/mol. The van der Waals surface area contributed by atoms with Crippen molar-refractivity contribution in [3.63, 3.8) is 0 Å². The van der Waals surface area contributed by atoms with Gasteiger partial charge in [-0.1, -0.05) is 31.2 Å². The lowest BCUT2D eigenvalue weighted by Gasteiger charge is -2.20. The Morgan fingerprint density at radius 1 is 0.976 bits per heavy atom. The van der Waals surface area contributed by atoms with Crippen LogP contribution in [0.3, 0.4) is 0 Å². The minimum absolute atomic E-state index is 0.0507. The molecule has 42 heavy (non-hydrogen) atoms. The molecule has 2 aliphatic heterocycles. The molecular formula is C27H20F9N3O2S. The third kappa shape index (κ3) is 5.11. The molecule has 0 spiro atoms. The monoisotopic (exact) mass is 621 g/mol. The molecule has 0 unspecified atom stereocenters. The third-order valence-electron chi connectivity index (χ3n) is 7.28. The van der Waals surface area contributed by atoms with Crippen LogP contribution in [0.15, 0.2) is 53.7 Å². The smallest absolute Gasteiger partial charge is 0.337 e. The standard InChI is InChI=1S/C27H20F9N3O2S/c1-2-42(40,41)19-9-15(14-3-5-16(6-4-14)25(7-8-25)27(34,35)36)11-37-22(19)23-21(30)24-18(38-23)10-17(26(31,32)33)12-39(24)13-20(28)29/h3-6,9-12,20H,2,7-8,13H2,1H3. The van der Waals surface area contributed by atoms with E-state index in [1.54, 1.807) is 0 Å². The van der Waals surface area contributed by atoms with Gasteiger partial charge in [0.05, 0.1) is 33.9 Å². The molecule has 1 aromatic carbocycles. The fourth-order valence-electron chi connectivity index (χ4n) is 4.86. The predicted molar refractivity (Wildman–Crippen MR) is 133 cm³/mol. The van der Waals surface area contributed by atoms with Gasteiger partial charge in [-0.25, -0.2) is 26.6 Å². The van der Waals surface area contributed by atoms with Gasteiger partial charge in [0.1, 0.15) is 17.1 Å². The molecule has 0 N–H and O–H groups in total. The number of hydrogen-bond acceptors (Lipinski definition) is 4. The van der Waals surface area contributed by atoms with Gasteiger partial charge >= 0.3 is 12.4 Å². The quantitative estimate of drug-likeness (QED) is 0.200. The van der Waals surface area contributed by atoms with Crippen LogP contribution in [-0.2, 0) is 28.0 Å². The van der Waals surface area contributed by atoms with Crippen LogP contribution in [-0.4, -0.2) is 41.3 Å². The van der Waals surface area contributed by atoms with Gasteiger partial charge in [-0.05, 0) is 36.1 Å². The zero-order valence-electron chi connectivity index (χ0n) is 21.5. The van der Waals surface area contributed by atoms with Crippen LogP contribution in [0.5, 0.6) is 0 Å². The highest BCUT2D eigenvalue weighted by atomic mass is 32.2. The molecule has 5 rings (SSSR count). The van der Waals surface area contributed by atoms with Crippen LogP contribution in [0.2, 0.25) is 0 Å². The topological polar surface area (TPSA) is 64.8 Å². The van der Waals surface area contributed by atoms with Crippen molar-refractivity contribution in [2.75, 3.05) is 5.75 Å². The molecule has 0 bridgehead atoms. The maximum atomic E-state index is 15.7. The first-order valence-corrected chi connectivity index (χ1v) is 14.1.